The Labute approximate surface area is 98.2 Å². The average molecular weight is 225 g/mol. The molecular formula is C13H23NO2. The molecule has 92 valence electrons. The molecule has 1 aromatic rings. The molecule has 1 heterocycles. The Hall–Kier alpha value is -0.800. The second-order valence-electron chi connectivity index (χ2n) is 5.03. The molecule has 1 N–H and O–H groups in total. The summed E-state index contributed by atoms with van der Waals surface area (Å²) in [7, 11) is 0. The zero-order valence-electron chi connectivity index (χ0n) is 10.8. The molecule has 1 aromatic heterocycles. The first kappa shape index (κ1) is 13.3. The third-order valence-electron chi connectivity index (χ3n) is 2.23. The highest BCUT2D eigenvalue weighted by molar-refractivity contribution is 5.16. The molecule has 0 aromatic carbocycles. The Kier molecular flexibility index (Phi) is 5.03. The summed E-state index contributed by atoms with van der Waals surface area (Å²) in [5.41, 5.74) is 1.31. The number of rotatable bonds is 6. The van der Waals surface area contributed by atoms with Gasteiger partial charge in [0.25, 0.3) is 0 Å². The largest absolute Gasteiger partial charge is 0.467 e. The fourth-order valence-corrected chi connectivity index (χ4v) is 1.32. The van der Waals surface area contributed by atoms with Gasteiger partial charge in [-0.3, -0.25) is 0 Å². The molecule has 0 bridgehead atoms. The minimum Gasteiger partial charge on any atom is -0.467 e. The Balaban J connectivity index is 2.44. The number of hydrogen-bond acceptors (Lipinski definition) is 3. The minimum atomic E-state index is 0.124. The number of nitrogens with one attached hydrogen (secondary N) is 1. The molecule has 16 heavy (non-hydrogen) atoms. The summed E-state index contributed by atoms with van der Waals surface area (Å²) in [6.45, 7) is 10.7. The van der Waals surface area contributed by atoms with Gasteiger partial charge in [0.05, 0.1) is 6.26 Å². The summed E-state index contributed by atoms with van der Waals surface area (Å²) in [5, 5.41) is 3.44. The molecule has 3 nitrogen and oxygen atoms in total. The fourth-order valence-electron chi connectivity index (χ4n) is 1.32. The van der Waals surface area contributed by atoms with E-state index in [9.17, 15) is 0 Å². The second kappa shape index (κ2) is 6.06. The third-order valence-corrected chi connectivity index (χ3v) is 2.23. The maximum absolute atomic E-state index is 5.48. The highest BCUT2D eigenvalue weighted by Gasteiger charge is 2.12. The molecule has 0 unspecified atom stereocenters. The first-order valence-electron chi connectivity index (χ1n) is 5.91. The Morgan fingerprint density at radius 2 is 2.12 bits per heavy atom. The van der Waals surface area contributed by atoms with Crippen molar-refractivity contribution in [3.05, 3.63) is 23.7 Å². The minimum absolute atomic E-state index is 0.124. The topological polar surface area (TPSA) is 34.4 Å². The number of hydrogen-bond donors (Lipinski definition) is 1. The van der Waals surface area contributed by atoms with Crippen molar-refractivity contribution in [2.45, 2.75) is 52.8 Å². The van der Waals surface area contributed by atoms with Crippen LogP contribution in [0.2, 0.25) is 0 Å². The molecule has 1 rings (SSSR count). The Morgan fingerprint density at radius 3 is 2.75 bits per heavy atom. The molecule has 0 fully saturated rings. The van der Waals surface area contributed by atoms with Crippen molar-refractivity contribution < 1.29 is 9.15 Å². The van der Waals surface area contributed by atoms with E-state index < -0.39 is 0 Å². The molecule has 0 atom stereocenters. The quantitative estimate of drug-likeness (QED) is 0.755. The van der Waals surface area contributed by atoms with Crippen LogP contribution in [0.1, 0.15) is 45.4 Å². The van der Waals surface area contributed by atoms with Gasteiger partial charge < -0.3 is 14.5 Å². The molecule has 0 radical (unpaired) electrons. The van der Waals surface area contributed by atoms with E-state index in [-0.39, 0.29) is 5.54 Å². The van der Waals surface area contributed by atoms with Gasteiger partial charge in [0.1, 0.15) is 12.4 Å². The summed E-state index contributed by atoms with van der Waals surface area (Å²) in [6.07, 6.45) is 2.76. The maximum atomic E-state index is 5.48. The Bertz CT molecular complexity index is 299. The van der Waals surface area contributed by atoms with Crippen molar-refractivity contribution in [1.29, 1.82) is 0 Å². The standard InChI is InChI=1S/C13H23NO2/c1-5-7-15-10-12-11(6-8-16-12)9-14-13(2,3)4/h6,8,14H,5,7,9-10H2,1-4H3. The normalized spacial score (nSPS) is 12.0. The summed E-state index contributed by atoms with van der Waals surface area (Å²) >= 11 is 0. The van der Waals surface area contributed by atoms with E-state index in [4.69, 9.17) is 9.15 Å². The van der Waals surface area contributed by atoms with E-state index in [2.05, 4.69) is 33.0 Å². The average Bonchev–Trinajstić information content (AvgIpc) is 2.62. The van der Waals surface area contributed by atoms with Crippen LogP contribution in [0.25, 0.3) is 0 Å². The number of ether oxygens (including phenoxy) is 1. The highest BCUT2D eigenvalue weighted by atomic mass is 16.5. The monoisotopic (exact) mass is 225 g/mol. The van der Waals surface area contributed by atoms with Gasteiger partial charge in [0.15, 0.2) is 0 Å². The SMILES string of the molecule is CCCOCc1occc1CNC(C)(C)C. The van der Waals surface area contributed by atoms with Crippen LogP contribution >= 0.6 is 0 Å². The Morgan fingerprint density at radius 1 is 1.38 bits per heavy atom. The maximum Gasteiger partial charge on any atom is 0.133 e. The van der Waals surface area contributed by atoms with Crippen LogP contribution < -0.4 is 5.32 Å². The second-order valence-corrected chi connectivity index (χ2v) is 5.03. The van der Waals surface area contributed by atoms with Crippen LogP contribution in [0.5, 0.6) is 0 Å². The lowest BCUT2D eigenvalue weighted by Crippen LogP contribution is -2.35. The summed E-state index contributed by atoms with van der Waals surface area (Å²) < 4.78 is 10.9. The predicted octanol–water partition coefficient (Wildman–Crippen LogP) is 3.09. The van der Waals surface area contributed by atoms with Gasteiger partial charge in [-0.25, -0.2) is 0 Å². The van der Waals surface area contributed by atoms with Crippen molar-refractivity contribution in [2.75, 3.05) is 6.61 Å². The molecule has 0 aliphatic carbocycles. The van der Waals surface area contributed by atoms with Crippen molar-refractivity contribution in [3.63, 3.8) is 0 Å². The van der Waals surface area contributed by atoms with E-state index in [1.165, 1.54) is 5.56 Å². The molecule has 3 heteroatoms. The van der Waals surface area contributed by atoms with Crippen LogP contribution in [0, 0.1) is 0 Å². The summed E-state index contributed by atoms with van der Waals surface area (Å²) in [4.78, 5) is 0. The third kappa shape index (κ3) is 4.81. The molecule has 0 saturated heterocycles. The van der Waals surface area contributed by atoms with Crippen molar-refractivity contribution in [1.82, 2.24) is 5.32 Å². The smallest absolute Gasteiger partial charge is 0.133 e. The molecular weight excluding hydrogens is 202 g/mol. The van der Waals surface area contributed by atoms with E-state index in [1.807, 2.05) is 6.07 Å². The molecule has 0 aliphatic rings. The van der Waals surface area contributed by atoms with Gasteiger partial charge in [-0.15, -0.1) is 0 Å². The summed E-state index contributed by atoms with van der Waals surface area (Å²) in [5.74, 6) is 0.935. The van der Waals surface area contributed by atoms with E-state index in [0.29, 0.717) is 6.61 Å². The van der Waals surface area contributed by atoms with Crippen molar-refractivity contribution >= 4 is 0 Å². The zero-order valence-corrected chi connectivity index (χ0v) is 10.8. The molecule has 0 amide bonds. The van der Waals surface area contributed by atoms with Crippen LogP contribution in [0.15, 0.2) is 16.7 Å². The van der Waals surface area contributed by atoms with Crippen molar-refractivity contribution in [3.8, 4) is 0 Å². The van der Waals surface area contributed by atoms with Gasteiger partial charge in [-0.2, -0.15) is 0 Å². The fraction of sp³-hybridized carbons (Fsp3) is 0.692. The van der Waals surface area contributed by atoms with Gasteiger partial charge >= 0.3 is 0 Å². The van der Waals surface area contributed by atoms with Crippen LogP contribution in [-0.4, -0.2) is 12.1 Å². The summed E-state index contributed by atoms with van der Waals surface area (Å²) in [6, 6.07) is 2.00. The lowest BCUT2D eigenvalue weighted by Gasteiger charge is -2.20. The van der Waals surface area contributed by atoms with E-state index >= 15 is 0 Å². The van der Waals surface area contributed by atoms with Gasteiger partial charge in [-0.05, 0) is 33.3 Å². The van der Waals surface area contributed by atoms with Crippen LogP contribution in [0.4, 0.5) is 0 Å². The van der Waals surface area contributed by atoms with Crippen molar-refractivity contribution in [2.24, 2.45) is 0 Å². The van der Waals surface area contributed by atoms with Gasteiger partial charge in [0, 0.05) is 24.3 Å². The highest BCUT2D eigenvalue weighted by Crippen LogP contribution is 2.13. The zero-order chi connectivity index (χ0) is 12.0. The lowest BCUT2D eigenvalue weighted by atomic mass is 10.1. The number of furan rings is 1. The predicted molar refractivity (Wildman–Crippen MR) is 65.2 cm³/mol. The lowest BCUT2D eigenvalue weighted by molar-refractivity contribution is 0.106. The van der Waals surface area contributed by atoms with Crippen LogP contribution in [0.3, 0.4) is 0 Å². The first-order valence-corrected chi connectivity index (χ1v) is 5.91. The van der Waals surface area contributed by atoms with E-state index in [1.54, 1.807) is 6.26 Å². The molecule has 0 saturated carbocycles. The van der Waals surface area contributed by atoms with Gasteiger partial charge in [-0.1, -0.05) is 6.92 Å². The molecule has 0 aliphatic heterocycles. The molecule has 0 spiro atoms. The van der Waals surface area contributed by atoms with E-state index in [0.717, 1.165) is 25.3 Å². The van der Waals surface area contributed by atoms with Gasteiger partial charge in [0.2, 0.25) is 0 Å². The van der Waals surface area contributed by atoms with Crippen LogP contribution in [-0.2, 0) is 17.9 Å². The first-order chi connectivity index (χ1) is 7.53.